The van der Waals surface area contributed by atoms with Crippen LogP contribution in [0.3, 0.4) is 0 Å². The van der Waals surface area contributed by atoms with E-state index in [1.165, 1.54) is 33.0 Å². The number of carbonyl (C=O) groups excluding carboxylic acids is 1. The van der Waals surface area contributed by atoms with Crippen molar-refractivity contribution in [2.24, 2.45) is 0 Å². The van der Waals surface area contributed by atoms with Crippen LogP contribution in [-0.4, -0.2) is 37.8 Å². The quantitative estimate of drug-likeness (QED) is 0.457. The van der Waals surface area contributed by atoms with Crippen molar-refractivity contribution in [3.63, 3.8) is 0 Å². The second kappa shape index (κ2) is 10.3. The molecule has 1 N–H and O–H groups in total. The van der Waals surface area contributed by atoms with Crippen molar-refractivity contribution in [2.45, 2.75) is 81.7 Å². The zero-order chi connectivity index (χ0) is 27.3. The maximum Gasteiger partial charge on any atom is 0.244 e. The molecule has 0 aromatic heterocycles. The van der Waals surface area contributed by atoms with E-state index in [9.17, 15) is 13.2 Å². The molecule has 7 rings (SSSR count). The van der Waals surface area contributed by atoms with Gasteiger partial charge in [-0.2, -0.15) is 4.31 Å². The van der Waals surface area contributed by atoms with Gasteiger partial charge < -0.3 is 10.2 Å². The fourth-order valence-electron chi connectivity index (χ4n) is 7.27. The highest BCUT2D eigenvalue weighted by Gasteiger charge is 2.40. The molecule has 1 atom stereocenters. The first-order valence-corrected chi connectivity index (χ1v) is 16.3. The van der Waals surface area contributed by atoms with Crippen LogP contribution in [0.4, 0.5) is 11.4 Å². The van der Waals surface area contributed by atoms with Crippen molar-refractivity contribution < 1.29 is 13.2 Å². The van der Waals surface area contributed by atoms with Gasteiger partial charge in [-0.25, -0.2) is 8.42 Å². The van der Waals surface area contributed by atoms with E-state index < -0.39 is 16.1 Å². The van der Waals surface area contributed by atoms with Gasteiger partial charge in [0, 0.05) is 31.0 Å². The minimum Gasteiger partial charge on any atom is -0.372 e. The van der Waals surface area contributed by atoms with E-state index in [2.05, 4.69) is 16.3 Å². The van der Waals surface area contributed by atoms with Gasteiger partial charge in [0.15, 0.2) is 0 Å². The lowest BCUT2D eigenvalue weighted by Gasteiger charge is -2.35. The van der Waals surface area contributed by atoms with Crippen LogP contribution < -0.4 is 10.2 Å². The molecule has 1 saturated heterocycles. The minimum absolute atomic E-state index is 0.190. The first-order valence-electron chi connectivity index (χ1n) is 14.9. The zero-order valence-electron chi connectivity index (χ0n) is 23.0. The number of fused-ring (bicyclic) bond motifs is 3. The van der Waals surface area contributed by atoms with E-state index in [1.807, 2.05) is 36.4 Å². The van der Waals surface area contributed by atoms with Gasteiger partial charge in [0.05, 0.1) is 4.90 Å². The summed E-state index contributed by atoms with van der Waals surface area (Å²) < 4.78 is 29.8. The van der Waals surface area contributed by atoms with E-state index in [4.69, 9.17) is 0 Å². The largest absolute Gasteiger partial charge is 0.372 e. The average molecular weight is 556 g/mol. The molecule has 4 aliphatic rings. The van der Waals surface area contributed by atoms with Crippen molar-refractivity contribution in [3.05, 3.63) is 88.0 Å². The molecule has 0 spiro atoms. The molecular weight excluding hydrogens is 518 g/mol. The molecule has 1 amide bonds. The van der Waals surface area contributed by atoms with Crippen molar-refractivity contribution in [1.82, 2.24) is 4.31 Å². The van der Waals surface area contributed by atoms with Gasteiger partial charge in [-0.15, -0.1) is 0 Å². The van der Waals surface area contributed by atoms with Crippen molar-refractivity contribution >= 4 is 27.3 Å². The normalized spacial score (nSPS) is 20.6. The Bertz CT molecular complexity index is 1530. The van der Waals surface area contributed by atoms with Gasteiger partial charge >= 0.3 is 0 Å². The SMILES string of the molecule is O=C(Nc1c2c(cc3c1CCC3)CCC2)[C@@H]1Cc2ccccc2CN1S(=O)(=O)c1ccc(N2CCCCC2)cc1. The van der Waals surface area contributed by atoms with Crippen LogP contribution in [0.1, 0.15) is 65.5 Å². The predicted octanol–water partition coefficient (Wildman–Crippen LogP) is 5.41. The second-order valence-electron chi connectivity index (χ2n) is 11.8. The molecule has 7 heteroatoms. The minimum atomic E-state index is -3.91. The summed E-state index contributed by atoms with van der Waals surface area (Å²) in [4.78, 5) is 16.7. The molecule has 6 nitrogen and oxygen atoms in total. The van der Waals surface area contributed by atoms with Crippen LogP contribution in [0.25, 0.3) is 0 Å². The number of rotatable bonds is 5. The first kappa shape index (κ1) is 25.8. The molecule has 0 radical (unpaired) electrons. The van der Waals surface area contributed by atoms with Crippen LogP contribution in [-0.2, 0) is 53.5 Å². The summed E-state index contributed by atoms with van der Waals surface area (Å²) >= 11 is 0. The van der Waals surface area contributed by atoms with Crippen LogP contribution in [0.2, 0.25) is 0 Å². The summed E-state index contributed by atoms with van der Waals surface area (Å²) in [6.45, 7) is 2.20. The first-order chi connectivity index (χ1) is 19.5. The highest BCUT2D eigenvalue weighted by atomic mass is 32.2. The summed E-state index contributed by atoms with van der Waals surface area (Å²) in [7, 11) is -3.91. The Labute approximate surface area is 237 Å². The lowest BCUT2D eigenvalue weighted by molar-refractivity contribution is -0.120. The number of sulfonamides is 1. The molecule has 3 aromatic carbocycles. The molecule has 1 fully saturated rings. The van der Waals surface area contributed by atoms with Gasteiger partial charge in [0.2, 0.25) is 15.9 Å². The second-order valence-corrected chi connectivity index (χ2v) is 13.7. The summed E-state index contributed by atoms with van der Waals surface area (Å²) in [5, 5.41) is 3.30. The third-order valence-corrected chi connectivity index (χ3v) is 11.3. The molecule has 0 bridgehead atoms. The number of nitrogens with zero attached hydrogens (tertiary/aromatic N) is 2. The maximum absolute atomic E-state index is 14.2. The molecule has 40 heavy (non-hydrogen) atoms. The fraction of sp³-hybridized carbons (Fsp3) is 0.424. The lowest BCUT2D eigenvalue weighted by Crippen LogP contribution is -2.50. The molecule has 2 aliphatic heterocycles. The molecule has 3 aromatic rings. The molecule has 0 saturated carbocycles. The van der Waals surface area contributed by atoms with Gasteiger partial charge in [-0.3, -0.25) is 4.79 Å². The monoisotopic (exact) mass is 555 g/mol. The molecule has 2 aliphatic carbocycles. The number of piperidine rings is 1. The maximum atomic E-state index is 14.2. The molecule has 208 valence electrons. The van der Waals surface area contributed by atoms with Crippen LogP contribution in [0, 0.1) is 0 Å². The Balaban J connectivity index is 1.22. The highest BCUT2D eigenvalue weighted by molar-refractivity contribution is 7.89. The van der Waals surface area contributed by atoms with Gasteiger partial charge in [-0.05, 0) is 122 Å². The number of nitrogens with one attached hydrogen (secondary N) is 1. The number of carbonyl (C=O) groups is 1. The predicted molar refractivity (Wildman–Crippen MR) is 158 cm³/mol. The Morgan fingerprint density at radius 1 is 0.750 bits per heavy atom. The van der Waals surface area contributed by atoms with Crippen LogP contribution >= 0.6 is 0 Å². The smallest absolute Gasteiger partial charge is 0.244 e. The standard InChI is InChI=1S/C33H37N3O3S/c37-33(34-32-29-12-6-10-24(29)20-25-11-7-13-30(25)32)31-21-23-8-2-3-9-26(23)22-36(31)40(38,39)28-16-14-27(15-17-28)35-18-4-1-5-19-35/h2-3,8-9,14-17,20,31H,1,4-7,10-13,18-19,21-22H2,(H,34,37)/t31-/m0/s1. The average Bonchev–Trinajstić information content (AvgIpc) is 3.66. The summed E-state index contributed by atoms with van der Waals surface area (Å²) in [5.74, 6) is -0.225. The fourth-order valence-corrected chi connectivity index (χ4v) is 8.83. The van der Waals surface area contributed by atoms with Crippen molar-refractivity contribution in [3.8, 4) is 0 Å². The zero-order valence-corrected chi connectivity index (χ0v) is 23.8. The number of hydrogen-bond acceptors (Lipinski definition) is 4. The highest BCUT2D eigenvalue weighted by Crippen LogP contribution is 2.39. The van der Waals surface area contributed by atoms with Gasteiger partial charge in [0.1, 0.15) is 6.04 Å². The van der Waals surface area contributed by atoms with Crippen LogP contribution in [0.15, 0.2) is 59.5 Å². The topological polar surface area (TPSA) is 69.7 Å². The van der Waals surface area contributed by atoms with Gasteiger partial charge in [0.25, 0.3) is 0 Å². The Kier molecular flexibility index (Phi) is 6.67. The summed E-state index contributed by atoms with van der Waals surface area (Å²) in [6, 6.07) is 16.7. The van der Waals surface area contributed by atoms with E-state index in [-0.39, 0.29) is 17.3 Å². The number of hydrogen-bond donors (Lipinski definition) is 1. The summed E-state index contributed by atoms with van der Waals surface area (Å²) in [5.41, 5.74) is 9.24. The van der Waals surface area contributed by atoms with Crippen molar-refractivity contribution in [1.29, 1.82) is 0 Å². The number of amides is 1. The van der Waals surface area contributed by atoms with E-state index >= 15 is 0 Å². The Morgan fingerprint density at radius 2 is 1.40 bits per heavy atom. The van der Waals surface area contributed by atoms with Gasteiger partial charge in [-0.1, -0.05) is 30.3 Å². The lowest BCUT2D eigenvalue weighted by atomic mass is 9.94. The van der Waals surface area contributed by atoms with E-state index in [1.54, 1.807) is 12.1 Å². The molecule has 2 heterocycles. The molecular formula is C33H37N3O3S. The Hall–Kier alpha value is -3.16. The number of benzene rings is 3. The third-order valence-electron chi connectivity index (χ3n) is 9.39. The Morgan fingerprint density at radius 3 is 2.08 bits per heavy atom. The van der Waals surface area contributed by atoms with Crippen molar-refractivity contribution in [2.75, 3.05) is 23.3 Å². The van der Waals surface area contributed by atoms with Crippen LogP contribution in [0.5, 0.6) is 0 Å². The van der Waals surface area contributed by atoms with E-state index in [0.29, 0.717) is 6.42 Å². The summed E-state index contributed by atoms with van der Waals surface area (Å²) in [6.07, 6.45) is 10.2. The molecule has 0 unspecified atom stereocenters. The number of anilines is 2. The number of aryl methyl sites for hydroxylation is 2. The van der Waals surface area contributed by atoms with E-state index in [0.717, 1.165) is 87.0 Å². The third kappa shape index (κ3) is 4.53.